The Bertz CT molecular complexity index is 818. The zero-order valence-corrected chi connectivity index (χ0v) is 14.9. The van der Waals surface area contributed by atoms with Crippen molar-refractivity contribution in [3.63, 3.8) is 0 Å². The molecule has 124 valence electrons. The summed E-state index contributed by atoms with van der Waals surface area (Å²) >= 11 is 17.8. The molecule has 3 rings (SSSR count). The predicted molar refractivity (Wildman–Crippen MR) is 97.1 cm³/mol. The number of halogens is 3. The number of benzene rings is 2. The molecule has 3 aromatic rings. The first-order valence-corrected chi connectivity index (χ1v) is 8.50. The van der Waals surface area contributed by atoms with Gasteiger partial charge in [-0.05, 0) is 48.9 Å². The topological polar surface area (TPSA) is 50.8 Å². The van der Waals surface area contributed by atoms with Gasteiger partial charge in [-0.15, -0.1) is 0 Å². The minimum Gasteiger partial charge on any atom is -0.492 e. The van der Waals surface area contributed by atoms with Crippen molar-refractivity contribution in [2.75, 3.05) is 6.61 Å². The molecule has 2 aromatic carbocycles. The van der Waals surface area contributed by atoms with E-state index in [2.05, 4.69) is 15.2 Å². The number of hydrogen-bond donors (Lipinski definition) is 1. The molecule has 0 aliphatic carbocycles. The number of aryl methyl sites for hydroxylation is 1. The minimum atomic E-state index is 0.507. The Labute approximate surface area is 154 Å². The van der Waals surface area contributed by atoms with E-state index in [1.807, 2.05) is 24.3 Å². The number of aromatic nitrogens is 3. The van der Waals surface area contributed by atoms with E-state index in [0.29, 0.717) is 33.2 Å². The average Bonchev–Trinajstić information content (AvgIpc) is 3.03. The van der Waals surface area contributed by atoms with Crippen LogP contribution in [-0.4, -0.2) is 21.8 Å². The number of nitrogens with one attached hydrogen (secondary N) is 1. The third kappa shape index (κ3) is 4.41. The number of hydrogen-bond acceptors (Lipinski definition) is 3. The van der Waals surface area contributed by atoms with E-state index >= 15 is 0 Å². The molecule has 0 bridgehead atoms. The summed E-state index contributed by atoms with van der Waals surface area (Å²) in [5.41, 5.74) is 0.922. The van der Waals surface area contributed by atoms with Crippen LogP contribution in [-0.2, 0) is 6.42 Å². The van der Waals surface area contributed by atoms with Crippen molar-refractivity contribution in [2.45, 2.75) is 12.8 Å². The van der Waals surface area contributed by atoms with E-state index in [1.54, 1.807) is 18.2 Å². The summed E-state index contributed by atoms with van der Waals surface area (Å²) in [6, 6.07) is 12.6. The first kappa shape index (κ1) is 17.1. The van der Waals surface area contributed by atoms with Crippen molar-refractivity contribution in [3.8, 4) is 17.1 Å². The molecular formula is C17H14Cl3N3O. The van der Waals surface area contributed by atoms with E-state index in [0.717, 1.165) is 24.2 Å². The fourth-order valence-electron chi connectivity index (χ4n) is 2.15. The van der Waals surface area contributed by atoms with Gasteiger partial charge in [-0.2, -0.15) is 5.10 Å². The third-order valence-electron chi connectivity index (χ3n) is 3.34. The average molecular weight is 383 g/mol. The molecule has 0 unspecified atom stereocenters. The van der Waals surface area contributed by atoms with Gasteiger partial charge < -0.3 is 4.74 Å². The van der Waals surface area contributed by atoms with Gasteiger partial charge in [0, 0.05) is 22.0 Å². The lowest BCUT2D eigenvalue weighted by atomic mass is 10.2. The summed E-state index contributed by atoms with van der Waals surface area (Å²) in [5, 5.41) is 8.95. The molecule has 4 nitrogen and oxygen atoms in total. The van der Waals surface area contributed by atoms with E-state index in [1.165, 1.54) is 0 Å². The van der Waals surface area contributed by atoms with Gasteiger partial charge in [-0.3, -0.25) is 5.10 Å². The molecule has 0 aliphatic heterocycles. The van der Waals surface area contributed by atoms with E-state index < -0.39 is 0 Å². The van der Waals surface area contributed by atoms with Crippen molar-refractivity contribution < 1.29 is 4.74 Å². The number of rotatable bonds is 6. The smallest absolute Gasteiger partial charge is 0.181 e. The number of aromatic amines is 1. The summed E-state index contributed by atoms with van der Waals surface area (Å²) in [7, 11) is 0. The monoisotopic (exact) mass is 381 g/mol. The Morgan fingerprint density at radius 3 is 2.46 bits per heavy atom. The summed E-state index contributed by atoms with van der Waals surface area (Å²) in [4.78, 5) is 4.48. The lowest BCUT2D eigenvalue weighted by molar-refractivity contribution is 0.310. The largest absolute Gasteiger partial charge is 0.492 e. The standard InChI is InChI=1S/C17H14Cl3N3O/c18-12-5-3-11(4-6-12)17-21-16(22-23-17)2-1-9-24-15-8-7-13(19)10-14(15)20/h3-8,10H,1-2,9H2,(H,21,22,23). The Balaban J connectivity index is 1.51. The highest BCUT2D eigenvalue weighted by atomic mass is 35.5. The second kappa shape index (κ2) is 7.88. The van der Waals surface area contributed by atoms with Gasteiger partial charge in [0.05, 0.1) is 11.6 Å². The molecule has 1 aromatic heterocycles. The predicted octanol–water partition coefficient (Wildman–Crippen LogP) is 5.44. The Kier molecular flexibility index (Phi) is 5.61. The fourth-order valence-corrected chi connectivity index (χ4v) is 2.74. The first-order valence-electron chi connectivity index (χ1n) is 7.37. The van der Waals surface area contributed by atoms with Crippen LogP contribution in [0.5, 0.6) is 5.75 Å². The fraction of sp³-hybridized carbons (Fsp3) is 0.176. The highest BCUT2D eigenvalue weighted by molar-refractivity contribution is 6.35. The summed E-state index contributed by atoms with van der Waals surface area (Å²) < 4.78 is 5.65. The molecule has 0 amide bonds. The normalized spacial score (nSPS) is 10.8. The number of H-pyrrole nitrogens is 1. The number of nitrogens with zero attached hydrogens (tertiary/aromatic N) is 2. The Hall–Kier alpha value is -1.75. The lowest BCUT2D eigenvalue weighted by Gasteiger charge is -2.07. The van der Waals surface area contributed by atoms with Crippen molar-refractivity contribution in [2.24, 2.45) is 0 Å². The molecule has 0 radical (unpaired) electrons. The van der Waals surface area contributed by atoms with Crippen LogP contribution in [0.1, 0.15) is 12.2 Å². The van der Waals surface area contributed by atoms with Gasteiger partial charge in [0.1, 0.15) is 11.6 Å². The van der Waals surface area contributed by atoms with Crippen molar-refractivity contribution in [3.05, 3.63) is 63.4 Å². The van der Waals surface area contributed by atoms with Crippen LogP contribution in [0.4, 0.5) is 0 Å². The van der Waals surface area contributed by atoms with Gasteiger partial charge in [-0.1, -0.05) is 34.8 Å². The van der Waals surface area contributed by atoms with Crippen LogP contribution in [0.3, 0.4) is 0 Å². The summed E-state index contributed by atoms with van der Waals surface area (Å²) in [6.07, 6.45) is 1.51. The Morgan fingerprint density at radius 2 is 1.71 bits per heavy atom. The van der Waals surface area contributed by atoms with Gasteiger partial charge in [0.15, 0.2) is 5.82 Å². The zero-order valence-electron chi connectivity index (χ0n) is 12.6. The molecule has 1 N–H and O–H groups in total. The number of ether oxygens (including phenoxy) is 1. The van der Waals surface area contributed by atoms with Gasteiger partial charge >= 0.3 is 0 Å². The molecule has 0 fully saturated rings. The highest BCUT2D eigenvalue weighted by Crippen LogP contribution is 2.27. The molecule has 7 heteroatoms. The van der Waals surface area contributed by atoms with Gasteiger partial charge in [0.2, 0.25) is 0 Å². The lowest BCUT2D eigenvalue weighted by Crippen LogP contribution is -2.00. The second-order valence-corrected chi connectivity index (χ2v) is 6.42. The molecule has 0 aliphatic rings. The quantitative estimate of drug-likeness (QED) is 0.577. The van der Waals surface area contributed by atoms with Crippen molar-refractivity contribution >= 4 is 34.8 Å². The maximum atomic E-state index is 6.06. The summed E-state index contributed by atoms with van der Waals surface area (Å²) in [6.45, 7) is 0.526. The maximum Gasteiger partial charge on any atom is 0.181 e. The van der Waals surface area contributed by atoms with Crippen LogP contribution in [0, 0.1) is 0 Å². The van der Waals surface area contributed by atoms with Crippen LogP contribution in [0.15, 0.2) is 42.5 Å². The van der Waals surface area contributed by atoms with Gasteiger partial charge in [-0.25, -0.2) is 4.98 Å². The molecule has 0 atom stereocenters. The van der Waals surface area contributed by atoms with E-state index in [4.69, 9.17) is 39.5 Å². The molecular weight excluding hydrogens is 369 g/mol. The van der Waals surface area contributed by atoms with Crippen molar-refractivity contribution in [1.82, 2.24) is 15.2 Å². The second-order valence-electron chi connectivity index (χ2n) is 5.14. The van der Waals surface area contributed by atoms with Gasteiger partial charge in [0.25, 0.3) is 0 Å². The molecule has 0 spiro atoms. The Morgan fingerprint density at radius 1 is 0.958 bits per heavy atom. The molecule has 0 saturated carbocycles. The highest BCUT2D eigenvalue weighted by Gasteiger charge is 2.07. The van der Waals surface area contributed by atoms with E-state index in [9.17, 15) is 0 Å². The van der Waals surface area contributed by atoms with E-state index in [-0.39, 0.29) is 0 Å². The zero-order chi connectivity index (χ0) is 16.9. The molecule has 24 heavy (non-hydrogen) atoms. The summed E-state index contributed by atoms with van der Waals surface area (Å²) in [5.74, 6) is 2.09. The van der Waals surface area contributed by atoms with Crippen LogP contribution < -0.4 is 4.74 Å². The van der Waals surface area contributed by atoms with Crippen LogP contribution >= 0.6 is 34.8 Å². The SMILES string of the molecule is Clc1ccc(-c2n[nH]c(CCCOc3ccc(Cl)cc3Cl)n2)cc1. The molecule has 0 saturated heterocycles. The maximum absolute atomic E-state index is 6.06. The third-order valence-corrected chi connectivity index (χ3v) is 4.13. The van der Waals surface area contributed by atoms with Crippen molar-refractivity contribution in [1.29, 1.82) is 0 Å². The minimum absolute atomic E-state index is 0.507. The van der Waals surface area contributed by atoms with Crippen LogP contribution in [0.25, 0.3) is 11.4 Å². The molecule has 1 heterocycles. The first-order chi connectivity index (χ1) is 11.6. The van der Waals surface area contributed by atoms with Crippen LogP contribution in [0.2, 0.25) is 15.1 Å².